The Morgan fingerprint density at radius 1 is 1.00 bits per heavy atom. The van der Waals surface area contributed by atoms with Crippen LogP contribution >= 0.6 is 11.6 Å². The average molecular weight is 506 g/mol. The number of rotatable bonds is 8. The van der Waals surface area contributed by atoms with Crippen LogP contribution in [0.25, 0.3) is 0 Å². The molecule has 6 nitrogen and oxygen atoms in total. The van der Waals surface area contributed by atoms with Crippen LogP contribution in [-0.2, 0) is 17.4 Å². The molecule has 0 saturated carbocycles. The molecule has 0 aromatic heterocycles. The Bertz CT molecular complexity index is 1150. The van der Waals surface area contributed by atoms with Crippen LogP contribution in [0.5, 0.6) is 5.75 Å². The van der Waals surface area contributed by atoms with E-state index in [2.05, 4.69) is 10.6 Å². The number of anilines is 2. The molecule has 0 saturated heterocycles. The van der Waals surface area contributed by atoms with E-state index in [1.807, 2.05) is 0 Å². The highest BCUT2D eigenvalue weighted by atomic mass is 35.5. The summed E-state index contributed by atoms with van der Waals surface area (Å²) < 4.78 is 44.8. The largest absolute Gasteiger partial charge is 0.497 e. The Morgan fingerprint density at radius 3 is 2.31 bits per heavy atom. The molecule has 0 unspecified atom stereocenters. The van der Waals surface area contributed by atoms with Gasteiger partial charge >= 0.3 is 12.2 Å². The number of nitrogens with one attached hydrogen (secondary N) is 2. The summed E-state index contributed by atoms with van der Waals surface area (Å²) in [6.07, 6.45) is -4.47. The summed E-state index contributed by atoms with van der Waals surface area (Å²) in [6, 6.07) is 17.1. The predicted molar refractivity (Wildman–Crippen MR) is 129 cm³/mol. The molecule has 3 aromatic carbocycles. The van der Waals surface area contributed by atoms with Gasteiger partial charge < -0.3 is 15.4 Å². The van der Waals surface area contributed by atoms with E-state index < -0.39 is 17.8 Å². The third kappa shape index (κ3) is 7.65. The van der Waals surface area contributed by atoms with E-state index in [0.717, 1.165) is 22.6 Å². The number of carbonyl (C=O) groups excluding carboxylic acids is 2. The van der Waals surface area contributed by atoms with Crippen molar-refractivity contribution in [3.63, 3.8) is 0 Å². The van der Waals surface area contributed by atoms with Gasteiger partial charge in [-0.2, -0.15) is 13.2 Å². The summed E-state index contributed by atoms with van der Waals surface area (Å²) in [6.45, 7) is -0.0334. The Labute approximate surface area is 205 Å². The molecule has 0 spiro atoms. The highest BCUT2D eigenvalue weighted by Crippen LogP contribution is 2.31. The number of hydrogen-bond acceptors (Lipinski definition) is 3. The maximum Gasteiger partial charge on any atom is 0.416 e. The molecule has 0 atom stereocenters. The standard InChI is InChI=1S/C25H23ClF3N3O3/c1-35-22-11-5-17(6-12-22)15-23(33)30-13-14-32(21-4-2-3-18(16-21)25(27,28)29)24(34)31-20-9-7-19(26)8-10-20/h2-12,16H,13-15H2,1H3,(H,30,33)(H,31,34). The van der Waals surface area contributed by atoms with Crippen molar-refractivity contribution < 1.29 is 27.5 Å². The number of carbonyl (C=O) groups is 2. The zero-order chi connectivity index (χ0) is 25.4. The Kier molecular flexibility index (Phi) is 8.59. The van der Waals surface area contributed by atoms with E-state index in [4.69, 9.17) is 16.3 Å². The predicted octanol–water partition coefficient (Wildman–Crippen LogP) is 5.76. The minimum absolute atomic E-state index is 0.0271. The number of amides is 3. The first-order chi connectivity index (χ1) is 16.7. The van der Waals surface area contributed by atoms with Gasteiger partial charge in [-0.3, -0.25) is 9.69 Å². The molecule has 0 heterocycles. The molecule has 184 valence electrons. The average Bonchev–Trinajstić information content (AvgIpc) is 2.83. The number of methoxy groups -OCH3 is 1. The van der Waals surface area contributed by atoms with Gasteiger partial charge in [-0.15, -0.1) is 0 Å². The zero-order valence-electron chi connectivity index (χ0n) is 18.7. The monoisotopic (exact) mass is 505 g/mol. The molecule has 0 bridgehead atoms. The number of nitrogens with zero attached hydrogens (tertiary/aromatic N) is 1. The number of hydrogen-bond donors (Lipinski definition) is 2. The summed E-state index contributed by atoms with van der Waals surface area (Å²) in [4.78, 5) is 26.4. The molecule has 10 heteroatoms. The van der Waals surface area contributed by atoms with Gasteiger partial charge in [-0.05, 0) is 60.2 Å². The van der Waals surface area contributed by atoms with Crippen LogP contribution in [0.4, 0.5) is 29.3 Å². The molecule has 0 radical (unpaired) electrons. The van der Waals surface area contributed by atoms with Crippen LogP contribution < -0.4 is 20.3 Å². The first kappa shape index (κ1) is 25.9. The van der Waals surface area contributed by atoms with Gasteiger partial charge in [0.15, 0.2) is 0 Å². The van der Waals surface area contributed by atoms with Crippen LogP contribution in [-0.4, -0.2) is 32.1 Å². The van der Waals surface area contributed by atoms with Gasteiger partial charge in [0.1, 0.15) is 5.75 Å². The van der Waals surface area contributed by atoms with E-state index in [-0.39, 0.29) is 31.1 Å². The van der Waals surface area contributed by atoms with Crippen LogP contribution in [0.1, 0.15) is 11.1 Å². The lowest BCUT2D eigenvalue weighted by Gasteiger charge is -2.24. The van der Waals surface area contributed by atoms with Crippen LogP contribution in [0.15, 0.2) is 72.8 Å². The molecule has 3 rings (SSSR count). The van der Waals surface area contributed by atoms with Crippen molar-refractivity contribution in [2.75, 3.05) is 30.4 Å². The molecule has 35 heavy (non-hydrogen) atoms. The van der Waals surface area contributed by atoms with Crippen molar-refractivity contribution in [2.24, 2.45) is 0 Å². The summed E-state index contributed by atoms with van der Waals surface area (Å²) in [7, 11) is 1.54. The van der Waals surface area contributed by atoms with E-state index >= 15 is 0 Å². The number of urea groups is 1. The molecule has 0 aliphatic rings. The highest BCUT2D eigenvalue weighted by Gasteiger charge is 2.31. The second-order valence-corrected chi connectivity index (χ2v) is 7.95. The molecular weight excluding hydrogens is 483 g/mol. The third-order valence-electron chi connectivity index (χ3n) is 5.01. The topological polar surface area (TPSA) is 70.7 Å². The van der Waals surface area contributed by atoms with Gasteiger partial charge in [0, 0.05) is 29.5 Å². The lowest BCUT2D eigenvalue weighted by Crippen LogP contribution is -2.41. The Morgan fingerprint density at radius 2 is 1.69 bits per heavy atom. The minimum Gasteiger partial charge on any atom is -0.497 e. The molecule has 0 fully saturated rings. The van der Waals surface area contributed by atoms with Crippen molar-refractivity contribution in [2.45, 2.75) is 12.6 Å². The molecule has 0 aliphatic heterocycles. The number of ether oxygens (including phenoxy) is 1. The quantitative estimate of drug-likeness (QED) is 0.408. The van der Waals surface area contributed by atoms with Gasteiger partial charge in [0.25, 0.3) is 0 Å². The normalized spacial score (nSPS) is 11.0. The fraction of sp³-hybridized carbons (Fsp3) is 0.200. The lowest BCUT2D eigenvalue weighted by atomic mass is 10.1. The number of alkyl halides is 3. The van der Waals surface area contributed by atoms with Crippen molar-refractivity contribution in [3.8, 4) is 5.75 Å². The molecule has 2 N–H and O–H groups in total. The first-order valence-electron chi connectivity index (χ1n) is 10.6. The molecular formula is C25H23ClF3N3O3. The second-order valence-electron chi connectivity index (χ2n) is 7.51. The maximum absolute atomic E-state index is 13.2. The van der Waals surface area contributed by atoms with Gasteiger partial charge in [-0.1, -0.05) is 29.8 Å². The van der Waals surface area contributed by atoms with Gasteiger partial charge in [0.05, 0.1) is 19.1 Å². The Hall–Kier alpha value is -3.72. The fourth-order valence-corrected chi connectivity index (χ4v) is 3.35. The first-order valence-corrected chi connectivity index (χ1v) is 10.9. The maximum atomic E-state index is 13.2. The van der Waals surface area contributed by atoms with Gasteiger partial charge in [-0.25, -0.2) is 4.79 Å². The van der Waals surface area contributed by atoms with Crippen molar-refractivity contribution in [1.29, 1.82) is 0 Å². The SMILES string of the molecule is COc1ccc(CC(=O)NCCN(C(=O)Nc2ccc(Cl)cc2)c2cccc(C(F)(F)F)c2)cc1. The molecule has 0 aliphatic carbocycles. The molecule has 3 aromatic rings. The van der Waals surface area contributed by atoms with E-state index in [9.17, 15) is 22.8 Å². The Balaban J connectivity index is 1.70. The van der Waals surface area contributed by atoms with Crippen molar-refractivity contribution in [3.05, 3.63) is 88.9 Å². The number of benzene rings is 3. The van der Waals surface area contributed by atoms with E-state index in [1.54, 1.807) is 55.6 Å². The molecule has 3 amide bonds. The van der Waals surface area contributed by atoms with Crippen LogP contribution in [0, 0.1) is 0 Å². The zero-order valence-corrected chi connectivity index (χ0v) is 19.5. The van der Waals surface area contributed by atoms with Gasteiger partial charge in [0.2, 0.25) is 5.91 Å². The summed E-state index contributed by atoms with van der Waals surface area (Å²) in [5.74, 6) is 0.370. The summed E-state index contributed by atoms with van der Waals surface area (Å²) in [5.41, 5.74) is 0.331. The van der Waals surface area contributed by atoms with Crippen LogP contribution in [0.3, 0.4) is 0 Å². The van der Waals surface area contributed by atoms with Crippen molar-refractivity contribution >= 4 is 34.9 Å². The number of halogens is 4. The highest BCUT2D eigenvalue weighted by molar-refractivity contribution is 6.30. The lowest BCUT2D eigenvalue weighted by molar-refractivity contribution is -0.137. The van der Waals surface area contributed by atoms with Crippen molar-refractivity contribution in [1.82, 2.24) is 5.32 Å². The van der Waals surface area contributed by atoms with Crippen LogP contribution in [0.2, 0.25) is 5.02 Å². The van der Waals surface area contributed by atoms with E-state index in [0.29, 0.717) is 16.5 Å². The fourth-order valence-electron chi connectivity index (χ4n) is 3.22. The third-order valence-corrected chi connectivity index (χ3v) is 5.26. The minimum atomic E-state index is -4.57. The summed E-state index contributed by atoms with van der Waals surface area (Å²) in [5, 5.41) is 5.81. The summed E-state index contributed by atoms with van der Waals surface area (Å²) >= 11 is 5.86. The smallest absolute Gasteiger partial charge is 0.416 e. The van der Waals surface area contributed by atoms with E-state index in [1.165, 1.54) is 12.1 Å². The second kappa shape index (κ2) is 11.6.